The van der Waals surface area contributed by atoms with E-state index in [1.54, 1.807) is 11.8 Å². The molecule has 1 aliphatic heterocycles. The summed E-state index contributed by atoms with van der Waals surface area (Å²) in [4.78, 5) is 27.3. The Hall–Kier alpha value is -2.76. The number of halogens is 1. The lowest BCUT2D eigenvalue weighted by Crippen LogP contribution is -2.45. The number of thioether (sulfide) groups is 1. The number of nitrogens with one attached hydrogen (secondary N) is 1. The summed E-state index contributed by atoms with van der Waals surface area (Å²) in [6, 6.07) is 25.3. The van der Waals surface area contributed by atoms with Crippen molar-refractivity contribution in [3.05, 3.63) is 106 Å². The number of rotatable bonds is 7. The predicted octanol–water partition coefficient (Wildman–Crippen LogP) is 5.87. The Labute approximate surface area is 204 Å². The molecule has 1 N–H and O–H groups in total. The van der Waals surface area contributed by atoms with Crippen molar-refractivity contribution in [2.75, 3.05) is 5.75 Å². The number of hydrogen-bond acceptors (Lipinski definition) is 3. The van der Waals surface area contributed by atoms with Gasteiger partial charge in [-0.2, -0.15) is 0 Å². The standard InChI is InChI=1S/C27H27ClN2O2S/c1-27(2,16-19-6-4-3-5-7-19)29-25(32)21-10-12-22(13-11-21)26-30(24(31)18-33-26)17-20-8-14-23(28)15-9-20/h3-15,26H,16-18H2,1-2H3,(H,29,32). The summed E-state index contributed by atoms with van der Waals surface area (Å²) < 4.78 is 0. The quantitative estimate of drug-likeness (QED) is 0.462. The van der Waals surface area contributed by atoms with Crippen molar-refractivity contribution in [1.82, 2.24) is 10.2 Å². The van der Waals surface area contributed by atoms with Crippen molar-refractivity contribution in [3.63, 3.8) is 0 Å². The van der Waals surface area contributed by atoms with E-state index in [4.69, 9.17) is 11.6 Å². The first-order valence-electron chi connectivity index (χ1n) is 10.9. The van der Waals surface area contributed by atoms with E-state index in [2.05, 4.69) is 17.4 Å². The average Bonchev–Trinajstić information content (AvgIpc) is 3.15. The van der Waals surface area contributed by atoms with Crippen LogP contribution in [0.4, 0.5) is 0 Å². The molecular formula is C27H27ClN2O2S. The molecule has 0 bridgehead atoms. The second-order valence-corrected chi connectivity index (χ2v) is 10.4. The molecule has 4 rings (SSSR count). The maximum Gasteiger partial charge on any atom is 0.251 e. The maximum absolute atomic E-state index is 12.9. The van der Waals surface area contributed by atoms with Gasteiger partial charge in [-0.15, -0.1) is 11.8 Å². The first-order chi connectivity index (χ1) is 15.8. The Morgan fingerprint density at radius 2 is 1.67 bits per heavy atom. The highest BCUT2D eigenvalue weighted by Crippen LogP contribution is 2.39. The fourth-order valence-electron chi connectivity index (χ4n) is 4.02. The van der Waals surface area contributed by atoms with E-state index >= 15 is 0 Å². The molecule has 1 heterocycles. The van der Waals surface area contributed by atoms with Crippen LogP contribution < -0.4 is 5.32 Å². The minimum atomic E-state index is -0.375. The predicted molar refractivity (Wildman–Crippen MR) is 135 cm³/mol. The van der Waals surface area contributed by atoms with Gasteiger partial charge in [-0.3, -0.25) is 9.59 Å². The normalized spacial score (nSPS) is 16.2. The van der Waals surface area contributed by atoms with E-state index in [1.165, 1.54) is 5.56 Å². The van der Waals surface area contributed by atoms with E-state index in [1.807, 2.05) is 85.5 Å². The molecule has 0 saturated carbocycles. The van der Waals surface area contributed by atoms with E-state index in [0.29, 0.717) is 22.9 Å². The summed E-state index contributed by atoms with van der Waals surface area (Å²) in [5.41, 5.74) is 3.47. The van der Waals surface area contributed by atoms with Crippen LogP contribution in [-0.4, -0.2) is 28.0 Å². The Morgan fingerprint density at radius 1 is 1.00 bits per heavy atom. The Bertz CT molecular complexity index is 1120. The first kappa shape index (κ1) is 23.4. The molecule has 1 aliphatic rings. The van der Waals surface area contributed by atoms with Gasteiger partial charge in [-0.1, -0.05) is 66.2 Å². The molecule has 6 heteroatoms. The molecule has 0 aromatic heterocycles. The molecule has 0 radical (unpaired) electrons. The Kier molecular flexibility index (Phi) is 7.11. The fourth-order valence-corrected chi connectivity index (χ4v) is 5.33. The minimum Gasteiger partial charge on any atom is -0.347 e. The van der Waals surface area contributed by atoms with E-state index in [9.17, 15) is 9.59 Å². The molecule has 1 unspecified atom stereocenters. The number of benzene rings is 3. The lowest BCUT2D eigenvalue weighted by atomic mass is 9.94. The highest BCUT2D eigenvalue weighted by atomic mass is 35.5. The van der Waals surface area contributed by atoms with Crippen molar-refractivity contribution in [3.8, 4) is 0 Å². The number of hydrogen-bond donors (Lipinski definition) is 1. The van der Waals surface area contributed by atoms with Crippen molar-refractivity contribution >= 4 is 35.2 Å². The molecular weight excluding hydrogens is 452 g/mol. The number of nitrogens with zero attached hydrogens (tertiary/aromatic N) is 1. The largest absolute Gasteiger partial charge is 0.347 e. The van der Waals surface area contributed by atoms with Gasteiger partial charge in [0.05, 0.1) is 5.75 Å². The molecule has 1 saturated heterocycles. The van der Waals surface area contributed by atoms with Crippen molar-refractivity contribution in [2.24, 2.45) is 0 Å². The third-order valence-corrected chi connectivity index (χ3v) is 7.14. The molecule has 4 nitrogen and oxygen atoms in total. The molecule has 2 amide bonds. The van der Waals surface area contributed by atoms with Crippen LogP contribution in [0.25, 0.3) is 0 Å². The van der Waals surface area contributed by atoms with Gasteiger partial charge in [-0.05, 0) is 61.2 Å². The second-order valence-electron chi connectivity index (χ2n) is 8.93. The number of carbonyl (C=O) groups excluding carboxylic acids is 2. The third-order valence-electron chi connectivity index (χ3n) is 5.63. The molecule has 0 aliphatic carbocycles. The summed E-state index contributed by atoms with van der Waals surface area (Å²) in [6.07, 6.45) is 0.748. The lowest BCUT2D eigenvalue weighted by Gasteiger charge is -2.27. The van der Waals surface area contributed by atoms with Crippen LogP contribution in [-0.2, 0) is 17.8 Å². The maximum atomic E-state index is 12.9. The Balaban J connectivity index is 1.42. The van der Waals surface area contributed by atoms with E-state index in [-0.39, 0.29) is 22.7 Å². The zero-order valence-corrected chi connectivity index (χ0v) is 20.3. The molecule has 3 aromatic rings. The van der Waals surface area contributed by atoms with Crippen molar-refractivity contribution in [2.45, 2.75) is 37.7 Å². The highest BCUT2D eigenvalue weighted by molar-refractivity contribution is 8.00. The fraction of sp³-hybridized carbons (Fsp3) is 0.259. The van der Waals surface area contributed by atoms with Gasteiger partial charge in [0.2, 0.25) is 5.91 Å². The van der Waals surface area contributed by atoms with Crippen LogP contribution >= 0.6 is 23.4 Å². The molecule has 3 aromatic carbocycles. The summed E-state index contributed by atoms with van der Waals surface area (Å²) in [6.45, 7) is 4.59. The zero-order valence-electron chi connectivity index (χ0n) is 18.8. The molecule has 1 fully saturated rings. The van der Waals surface area contributed by atoms with Gasteiger partial charge in [0, 0.05) is 22.7 Å². The third kappa shape index (κ3) is 5.98. The molecule has 170 valence electrons. The van der Waals surface area contributed by atoms with Gasteiger partial charge >= 0.3 is 0 Å². The molecule has 33 heavy (non-hydrogen) atoms. The van der Waals surface area contributed by atoms with Crippen LogP contribution in [0.3, 0.4) is 0 Å². The average molecular weight is 479 g/mol. The summed E-state index contributed by atoms with van der Waals surface area (Å²) >= 11 is 7.59. The topological polar surface area (TPSA) is 49.4 Å². The molecule has 1 atom stereocenters. The van der Waals surface area contributed by atoms with E-state index in [0.717, 1.165) is 17.5 Å². The van der Waals surface area contributed by atoms with Gasteiger partial charge in [0.25, 0.3) is 5.91 Å². The van der Waals surface area contributed by atoms with Crippen LogP contribution in [0.5, 0.6) is 0 Å². The SMILES string of the molecule is CC(C)(Cc1ccccc1)NC(=O)c1ccc(C2SCC(=O)N2Cc2ccc(Cl)cc2)cc1. The molecule has 0 spiro atoms. The van der Waals surface area contributed by atoms with Crippen LogP contribution in [0.15, 0.2) is 78.9 Å². The van der Waals surface area contributed by atoms with Crippen molar-refractivity contribution in [1.29, 1.82) is 0 Å². The minimum absolute atomic E-state index is 0.0696. The van der Waals surface area contributed by atoms with Gasteiger partial charge in [-0.25, -0.2) is 0 Å². The smallest absolute Gasteiger partial charge is 0.251 e. The van der Waals surface area contributed by atoms with Gasteiger partial charge in [0.1, 0.15) is 5.37 Å². The Morgan fingerprint density at radius 3 is 2.33 bits per heavy atom. The van der Waals surface area contributed by atoms with Crippen molar-refractivity contribution < 1.29 is 9.59 Å². The zero-order chi connectivity index (χ0) is 23.4. The lowest BCUT2D eigenvalue weighted by molar-refractivity contribution is -0.128. The van der Waals surface area contributed by atoms with Gasteiger partial charge in [0.15, 0.2) is 0 Å². The summed E-state index contributed by atoms with van der Waals surface area (Å²) in [5, 5.41) is 3.75. The van der Waals surface area contributed by atoms with Crippen LogP contribution in [0.1, 0.15) is 46.3 Å². The van der Waals surface area contributed by atoms with Gasteiger partial charge < -0.3 is 10.2 Å². The van der Waals surface area contributed by atoms with E-state index < -0.39 is 0 Å². The summed E-state index contributed by atoms with van der Waals surface area (Å²) in [7, 11) is 0. The highest BCUT2D eigenvalue weighted by Gasteiger charge is 2.33. The number of amides is 2. The van der Waals surface area contributed by atoms with Crippen LogP contribution in [0.2, 0.25) is 5.02 Å². The second kappa shape index (κ2) is 10.0. The van der Waals surface area contributed by atoms with Crippen LogP contribution in [0, 0.1) is 0 Å². The first-order valence-corrected chi connectivity index (χ1v) is 12.4. The monoisotopic (exact) mass is 478 g/mol. The summed E-state index contributed by atoms with van der Waals surface area (Å²) in [5.74, 6) is 0.467. The number of carbonyl (C=O) groups is 2.